The zero-order valence-electron chi connectivity index (χ0n) is 17.5. The van der Waals surface area contributed by atoms with Crippen LogP contribution in [0.15, 0.2) is 48.5 Å². The Labute approximate surface area is 164 Å². The third kappa shape index (κ3) is 5.85. The molecule has 2 aromatic carbocycles. The molecule has 3 nitrogen and oxygen atoms in total. The summed E-state index contributed by atoms with van der Waals surface area (Å²) in [5.74, 6) is 0.654. The van der Waals surface area contributed by atoms with Crippen LogP contribution in [0.5, 0.6) is 5.75 Å². The van der Waals surface area contributed by atoms with Crippen LogP contribution < -0.4 is 10.1 Å². The van der Waals surface area contributed by atoms with Crippen molar-refractivity contribution in [3.05, 3.63) is 65.2 Å². The topological polar surface area (TPSA) is 38.3 Å². The van der Waals surface area contributed by atoms with Gasteiger partial charge >= 0.3 is 0 Å². The number of hydrogen-bond donors (Lipinski definition) is 1. The smallest absolute Gasteiger partial charge is 0.261 e. The molecule has 0 bridgehead atoms. The van der Waals surface area contributed by atoms with Crippen LogP contribution in [0.25, 0.3) is 0 Å². The highest BCUT2D eigenvalue weighted by atomic mass is 16.5. The molecular formula is C24H33NO2. The molecule has 3 heteroatoms. The SMILES string of the molecule is CCc1ccc(O[C@@H](CC)C(=O)N[C@@H](C)c2ccc(C(C)(C)C)cc2)cc1. The Morgan fingerprint density at radius 3 is 2.07 bits per heavy atom. The molecule has 0 saturated carbocycles. The Bertz CT molecular complexity index is 726. The van der Waals surface area contributed by atoms with E-state index in [-0.39, 0.29) is 17.4 Å². The van der Waals surface area contributed by atoms with Gasteiger partial charge in [0.05, 0.1) is 6.04 Å². The van der Waals surface area contributed by atoms with E-state index in [0.717, 1.165) is 17.7 Å². The van der Waals surface area contributed by atoms with Crippen LogP contribution in [-0.2, 0) is 16.6 Å². The van der Waals surface area contributed by atoms with Crippen LogP contribution >= 0.6 is 0 Å². The normalized spacial score (nSPS) is 13.7. The van der Waals surface area contributed by atoms with E-state index in [1.165, 1.54) is 11.1 Å². The molecule has 0 spiro atoms. The van der Waals surface area contributed by atoms with Gasteiger partial charge in [-0.25, -0.2) is 0 Å². The van der Waals surface area contributed by atoms with Crippen LogP contribution in [0, 0.1) is 0 Å². The molecule has 0 aliphatic carbocycles. The maximum Gasteiger partial charge on any atom is 0.261 e. The zero-order valence-corrected chi connectivity index (χ0v) is 17.5. The first-order valence-electron chi connectivity index (χ1n) is 9.91. The van der Waals surface area contributed by atoms with E-state index in [0.29, 0.717) is 6.42 Å². The maximum absolute atomic E-state index is 12.7. The average Bonchev–Trinajstić information content (AvgIpc) is 2.65. The second kappa shape index (κ2) is 9.07. The lowest BCUT2D eigenvalue weighted by molar-refractivity contribution is -0.128. The number of aryl methyl sites for hydroxylation is 1. The number of rotatable bonds is 7. The van der Waals surface area contributed by atoms with Crippen molar-refractivity contribution in [2.24, 2.45) is 0 Å². The van der Waals surface area contributed by atoms with Crippen molar-refractivity contribution in [1.82, 2.24) is 5.32 Å². The van der Waals surface area contributed by atoms with E-state index in [1.807, 2.05) is 38.1 Å². The highest BCUT2D eigenvalue weighted by molar-refractivity contribution is 5.81. The molecular weight excluding hydrogens is 334 g/mol. The number of carbonyl (C=O) groups is 1. The quantitative estimate of drug-likeness (QED) is 0.693. The van der Waals surface area contributed by atoms with Gasteiger partial charge in [0.15, 0.2) is 6.10 Å². The largest absolute Gasteiger partial charge is 0.481 e. The third-order valence-electron chi connectivity index (χ3n) is 4.91. The van der Waals surface area contributed by atoms with Crippen LogP contribution in [0.1, 0.15) is 70.7 Å². The van der Waals surface area contributed by atoms with Gasteiger partial charge in [0.1, 0.15) is 5.75 Å². The fraction of sp³-hybridized carbons (Fsp3) is 0.458. The van der Waals surface area contributed by atoms with E-state index < -0.39 is 6.10 Å². The molecule has 1 N–H and O–H groups in total. The molecule has 2 atom stereocenters. The molecule has 0 fully saturated rings. The second-order valence-electron chi connectivity index (χ2n) is 8.11. The Kier molecular flexibility index (Phi) is 7.06. The minimum atomic E-state index is -0.492. The number of carbonyl (C=O) groups excluding carboxylic acids is 1. The van der Waals surface area contributed by atoms with Gasteiger partial charge in [-0.2, -0.15) is 0 Å². The lowest BCUT2D eigenvalue weighted by Crippen LogP contribution is -2.39. The summed E-state index contributed by atoms with van der Waals surface area (Å²) in [6, 6.07) is 16.4. The van der Waals surface area contributed by atoms with Gasteiger partial charge in [-0.3, -0.25) is 4.79 Å². The Balaban J connectivity index is 2.00. The second-order valence-corrected chi connectivity index (χ2v) is 8.11. The Morgan fingerprint density at radius 2 is 1.59 bits per heavy atom. The molecule has 0 aromatic heterocycles. The summed E-state index contributed by atoms with van der Waals surface area (Å²) in [4.78, 5) is 12.7. The minimum absolute atomic E-state index is 0.0633. The average molecular weight is 368 g/mol. The first-order valence-corrected chi connectivity index (χ1v) is 9.91. The number of hydrogen-bond acceptors (Lipinski definition) is 2. The molecule has 2 rings (SSSR count). The van der Waals surface area contributed by atoms with Crippen molar-refractivity contribution < 1.29 is 9.53 Å². The molecule has 0 heterocycles. The van der Waals surface area contributed by atoms with E-state index in [4.69, 9.17) is 4.74 Å². The fourth-order valence-corrected chi connectivity index (χ4v) is 2.95. The molecule has 1 amide bonds. The lowest BCUT2D eigenvalue weighted by atomic mass is 9.86. The molecule has 146 valence electrons. The predicted octanol–water partition coefficient (Wildman–Crippen LogP) is 5.58. The van der Waals surface area contributed by atoms with Gasteiger partial charge in [0.25, 0.3) is 5.91 Å². The van der Waals surface area contributed by atoms with Crippen molar-refractivity contribution in [2.75, 3.05) is 0 Å². The van der Waals surface area contributed by atoms with Gasteiger partial charge in [-0.05, 0) is 54.0 Å². The summed E-state index contributed by atoms with van der Waals surface area (Å²) >= 11 is 0. The molecule has 0 radical (unpaired) electrons. The van der Waals surface area contributed by atoms with Gasteiger partial charge < -0.3 is 10.1 Å². The van der Waals surface area contributed by atoms with Gasteiger partial charge in [0.2, 0.25) is 0 Å². The molecule has 27 heavy (non-hydrogen) atoms. The van der Waals surface area contributed by atoms with Crippen LogP contribution in [0.4, 0.5) is 0 Å². The predicted molar refractivity (Wildman–Crippen MR) is 112 cm³/mol. The Morgan fingerprint density at radius 1 is 1.00 bits per heavy atom. The van der Waals surface area contributed by atoms with E-state index >= 15 is 0 Å². The van der Waals surface area contributed by atoms with Crippen molar-refractivity contribution in [1.29, 1.82) is 0 Å². The summed E-state index contributed by atoms with van der Waals surface area (Å²) in [7, 11) is 0. The molecule has 0 aliphatic rings. The van der Waals surface area contributed by atoms with Crippen LogP contribution in [0.3, 0.4) is 0 Å². The first kappa shape index (κ1) is 21.0. The van der Waals surface area contributed by atoms with Crippen LogP contribution in [-0.4, -0.2) is 12.0 Å². The third-order valence-corrected chi connectivity index (χ3v) is 4.91. The highest BCUT2D eigenvalue weighted by Gasteiger charge is 2.21. The van der Waals surface area contributed by atoms with E-state index in [2.05, 4.69) is 57.3 Å². The molecule has 0 unspecified atom stereocenters. The zero-order chi connectivity index (χ0) is 20.0. The van der Waals surface area contributed by atoms with Gasteiger partial charge in [-0.1, -0.05) is 71.0 Å². The van der Waals surface area contributed by atoms with Crippen LogP contribution in [0.2, 0.25) is 0 Å². The van der Waals surface area contributed by atoms with E-state index in [1.54, 1.807) is 0 Å². The number of benzene rings is 2. The van der Waals surface area contributed by atoms with E-state index in [9.17, 15) is 4.79 Å². The van der Waals surface area contributed by atoms with Crippen molar-refractivity contribution in [3.63, 3.8) is 0 Å². The summed E-state index contributed by atoms with van der Waals surface area (Å²) in [5, 5.41) is 3.08. The molecule has 2 aromatic rings. The first-order chi connectivity index (χ1) is 12.7. The molecule has 0 saturated heterocycles. The fourth-order valence-electron chi connectivity index (χ4n) is 2.95. The van der Waals surface area contributed by atoms with Crippen molar-refractivity contribution in [2.45, 2.75) is 71.9 Å². The lowest BCUT2D eigenvalue weighted by Gasteiger charge is -2.22. The number of amides is 1. The summed E-state index contributed by atoms with van der Waals surface area (Å²) < 4.78 is 5.91. The van der Waals surface area contributed by atoms with Crippen molar-refractivity contribution >= 4 is 5.91 Å². The minimum Gasteiger partial charge on any atom is -0.481 e. The summed E-state index contributed by atoms with van der Waals surface area (Å²) in [6.07, 6.45) is 1.12. The number of nitrogens with one attached hydrogen (secondary N) is 1. The monoisotopic (exact) mass is 367 g/mol. The Hall–Kier alpha value is -2.29. The summed E-state index contributed by atoms with van der Waals surface area (Å²) in [5.41, 5.74) is 3.76. The standard InChI is InChI=1S/C24H33NO2/c1-7-18-9-15-21(16-10-18)27-22(8-2)23(26)25-17(3)19-11-13-20(14-12-19)24(4,5)6/h9-17,22H,7-8H2,1-6H3,(H,25,26)/t17-,22-/m0/s1. The number of ether oxygens (including phenoxy) is 1. The summed E-state index contributed by atoms with van der Waals surface area (Å²) in [6.45, 7) is 12.7. The maximum atomic E-state index is 12.7. The van der Waals surface area contributed by atoms with Crippen molar-refractivity contribution in [3.8, 4) is 5.75 Å². The van der Waals surface area contributed by atoms with Gasteiger partial charge in [0, 0.05) is 0 Å². The molecule has 0 aliphatic heterocycles. The van der Waals surface area contributed by atoms with Gasteiger partial charge in [-0.15, -0.1) is 0 Å². The highest BCUT2D eigenvalue weighted by Crippen LogP contribution is 2.24.